The van der Waals surface area contributed by atoms with Crippen molar-refractivity contribution in [1.29, 1.82) is 0 Å². The van der Waals surface area contributed by atoms with E-state index >= 15 is 0 Å². The van der Waals surface area contributed by atoms with Gasteiger partial charge in [-0.15, -0.1) is 0 Å². The van der Waals surface area contributed by atoms with Gasteiger partial charge in [0.25, 0.3) is 0 Å². The summed E-state index contributed by atoms with van der Waals surface area (Å²) in [5.41, 5.74) is 2.45. The fourth-order valence-corrected chi connectivity index (χ4v) is 1.59. The third-order valence-corrected chi connectivity index (χ3v) is 2.91. The highest BCUT2D eigenvalue weighted by Gasteiger charge is 2.09. The van der Waals surface area contributed by atoms with Gasteiger partial charge in [-0.3, -0.25) is 0 Å². The Hall–Kier alpha value is -0.630. The maximum atomic E-state index is 5.47. The Morgan fingerprint density at radius 3 is 2.14 bits per heavy atom. The molecule has 14 heavy (non-hydrogen) atoms. The van der Waals surface area contributed by atoms with Gasteiger partial charge < -0.3 is 13.6 Å². The van der Waals surface area contributed by atoms with Crippen molar-refractivity contribution in [3.63, 3.8) is 0 Å². The largest absolute Gasteiger partial charge is 0.427 e. The van der Waals surface area contributed by atoms with Crippen LogP contribution in [0.5, 0.6) is 5.75 Å². The highest BCUT2D eigenvalue weighted by molar-refractivity contribution is 7.42. The molecule has 0 fully saturated rings. The Kier molecular flexibility index (Phi) is 4.33. The maximum absolute atomic E-state index is 5.47. The average Bonchev–Trinajstić information content (AvgIpc) is 2.19. The van der Waals surface area contributed by atoms with E-state index in [1.807, 2.05) is 25.1 Å². The van der Waals surface area contributed by atoms with E-state index in [1.54, 1.807) is 14.2 Å². The standard InChI is InChI=1S/C10H15O3P/c1-8-5-6-10(7-9(8)2)13-14(11-3)12-4/h5-7H,1-4H3. The number of benzene rings is 1. The van der Waals surface area contributed by atoms with Gasteiger partial charge in [0, 0.05) is 14.2 Å². The summed E-state index contributed by atoms with van der Waals surface area (Å²) in [4.78, 5) is 0. The van der Waals surface area contributed by atoms with Gasteiger partial charge in [-0.2, -0.15) is 0 Å². The van der Waals surface area contributed by atoms with Gasteiger partial charge in [-0.05, 0) is 37.1 Å². The molecule has 1 aromatic carbocycles. The molecule has 78 valence electrons. The molecule has 0 heterocycles. The molecule has 0 unspecified atom stereocenters. The summed E-state index contributed by atoms with van der Waals surface area (Å²) in [6, 6.07) is 5.90. The lowest BCUT2D eigenvalue weighted by Crippen LogP contribution is -1.92. The molecule has 0 saturated heterocycles. The van der Waals surface area contributed by atoms with Crippen molar-refractivity contribution >= 4 is 8.60 Å². The Labute approximate surface area is 86.0 Å². The van der Waals surface area contributed by atoms with Crippen LogP contribution in [0, 0.1) is 13.8 Å². The van der Waals surface area contributed by atoms with Gasteiger partial charge in [0.05, 0.1) is 0 Å². The van der Waals surface area contributed by atoms with Crippen molar-refractivity contribution in [3.05, 3.63) is 29.3 Å². The predicted octanol–water partition coefficient (Wildman–Crippen LogP) is 3.20. The first-order valence-corrected chi connectivity index (χ1v) is 5.40. The van der Waals surface area contributed by atoms with Crippen LogP contribution in [0.1, 0.15) is 11.1 Å². The Morgan fingerprint density at radius 1 is 1.00 bits per heavy atom. The molecular weight excluding hydrogens is 199 g/mol. The Morgan fingerprint density at radius 2 is 1.64 bits per heavy atom. The smallest absolute Gasteiger partial charge is 0.396 e. The quantitative estimate of drug-likeness (QED) is 0.720. The molecule has 0 spiro atoms. The van der Waals surface area contributed by atoms with E-state index in [4.69, 9.17) is 13.6 Å². The lowest BCUT2D eigenvalue weighted by Gasteiger charge is -2.13. The van der Waals surface area contributed by atoms with E-state index in [9.17, 15) is 0 Å². The first-order chi connectivity index (χ1) is 6.67. The first kappa shape index (κ1) is 11.4. The molecule has 1 aromatic rings. The van der Waals surface area contributed by atoms with Crippen LogP contribution in [0.15, 0.2) is 18.2 Å². The second kappa shape index (κ2) is 5.30. The first-order valence-electron chi connectivity index (χ1n) is 4.31. The molecule has 0 N–H and O–H groups in total. The van der Waals surface area contributed by atoms with Crippen molar-refractivity contribution in [3.8, 4) is 5.75 Å². The third kappa shape index (κ3) is 2.95. The van der Waals surface area contributed by atoms with E-state index in [0.717, 1.165) is 5.75 Å². The average molecular weight is 214 g/mol. The number of rotatable bonds is 4. The fourth-order valence-electron chi connectivity index (χ4n) is 1.01. The lowest BCUT2D eigenvalue weighted by atomic mass is 10.1. The van der Waals surface area contributed by atoms with Crippen molar-refractivity contribution in [2.24, 2.45) is 0 Å². The van der Waals surface area contributed by atoms with Gasteiger partial charge in [-0.25, -0.2) is 0 Å². The summed E-state index contributed by atoms with van der Waals surface area (Å²) in [5.74, 6) is 0.780. The van der Waals surface area contributed by atoms with Crippen LogP contribution in [0.25, 0.3) is 0 Å². The van der Waals surface area contributed by atoms with E-state index in [2.05, 4.69) is 6.92 Å². The monoisotopic (exact) mass is 214 g/mol. The number of aryl methyl sites for hydroxylation is 2. The van der Waals surface area contributed by atoms with Crippen LogP contribution in [0.4, 0.5) is 0 Å². The molecule has 0 bridgehead atoms. The van der Waals surface area contributed by atoms with Crippen molar-refractivity contribution < 1.29 is 13.6 Å². The van der Waals surface area contributed by atoms with Crippen molar-refractivity contribution in [1.82, 2.24) is 0 Å². The summed E-state index contributed by atoms with van der Waals surface area (Å²) in [7, 11) is 1.88. The second-order valence-corrected chi connectivity index (χ2v) is 4.29. The molecule has 0 saturated carbocycles. The van der Waals surface area contributed by atoms with Gasteiger partial charge in [-0.1, -0.05) is 6.07 Å². The molecule has 0 atom stereocenters. The van der Waals surface area contributed by atoms with E-state index in [1.165, 1.54) is 11.1 Å². The van der Waals surface area contributed by atoms with E-state index in [-0.39, 0.29) is 0 Å². The van der Waals surface area contributed by atoms with Gasteiger partial charge in [0.1, 0.15) is 5.75 Å². The molecule has 0 aliphatic carbocycles. The highest BCUT2D eigenvalue weighted by Crippen LogP contribution is 2.38. The molecular formula is C10H15O3P. The number of hydrogen-bond acceptors (Lipinski definition) is 3. The number of hydrogen-bond donors (Lipinski definition) is 0. The molecule has 0 aliphatic rings. The van der Waals surface area contributed by atoms with Crippen LogP contribution in [0.2, 0.25) is 0 Å². The van der Waals surface area contributed by atoms with Crippen LogP contribution < -0.4 is 4.52 Å². The van der Waals surface area contributed by atoms with Crippen LogP contribution >= 0.6 is 8.60 Å². The van der Waals surface area contributed by atoms with E-state index in [0.29, 0.717) is 0 Å². The topological polar surface area (TPSA) is 27.7 Å². The molecule has 0 radical (unpaired) electrons. The third-order valence-electron chi connectivity index (χ3n) is 1.96. The minimum absolute atomic E-state index is 0.780. The fraction of sp³-hybridized carbons (Fsp3) is 0.400. The van der Waals surface area contributed by atoms with Crippen LogP contribution in [0.3, 0.4) is 0 Å². The second-order valence-electron chi connectivity index (χ2n) is 2.93. The Balaban J connectivity index is 2.72. The van der Waals surface area contributed by atoms with Gasteiger partial charge in [0.15, 0.2) is 0 Å². The highest BCUT2D eigenvalue weighted by atomic mass is 31.2. The lowest BCUT2D eigenvalue weighted by molar-refractivity contribution is 0.277. The van der Waals surface area contributed by atoms with E-state index < -0.39 is 8.60 Å². The summed E-state index contributed by atoms with van der Waals surface area (Å²) >= 11 is 0. The molecule has 0 aromatic heterocycles. The van der Waals surface area contributed by atoms with Gasteiger partial charge in [0.2, 0.25) is 0 Å². The SMILES string of the molecule is COP(OC)Oc1ccc(C)c(C)c1. The maximum Gasteiger partial charge on any atom is 0.396 e. The summed E-state index contributed by atoms with van der Waals surface area (Å²) in [5, 5.41) is 0. The zero-order valence-electron chi connectivity index (χ0n) is 8.90. The molecule has 0 aliphatic heterocycles. The minimum Gasteiger partial charge on any atom is -0.427 e. The summed E-state index contributed by atoms with van der Waals surface area (Å²) in [6.07, 6.45) is 0. The molecule has 3 nitrogen and oxygen atoms in total. The van der Waals surface area contributed by atoms with Gasteiger partial charge >= 0.3 is 8.60 Å². The van der Waals surface area contributed by atoms with Crippen molar-refractivity contribution in [2.75, 3.05) is 14.2 Å². The summed E-state index contributed by atoms with van der Waals surface area (Å²) < 4.78 is 15.5. The van der Waals surface area contributed by atoms with Crippen LogP contribution in [-0.4, -0.2) is 14.2 Å². The van der Waals surface area contributed by atoms with Crippen LogP contribution in [-0.2, 0) is 9.05 Å². The predicted molar refractivity (Wildman–Crippen MR) is 57.5 cm³/mol. The minimum atomic E-state index is -1.25. The molecule has 4 heteroatoms. The molecule has 1 rings (SSSR count). The van der Waals surface area contributed by atoms with Crippen molar-refractivity contribution in [2.45, 2.75) is 13.8 Å². The normalized spacial score (nSPS) is 10.6. The molecule has 0 amide bonds. The summed E-state index contributed by atoms with van der Waals surface area (Å²) in [6.45, 7) is 4.11. The zero-order chi connectivity index (χ0) is 10.6. The Bertz CT molecular complexity index is 297. The zero-order valence-corrected chi connectivity index (χ0v) is 9.80.